The van der Waals surface area contributed by atoms with Crippen LogP contribution < -0.4 is 15.4 Å². The number of carbonyl (C=O) groups excluding carboxylic acids is 2. The Morgan fingerprint density at radius 3 is 2.78 bits per heavy atom. The number of aryl methyl sites for hydroxylation is 1. The van der Waals surface area contributed by atoms with E-state index in [9.17, 15) is 9.59 Å². The van der Waals surface area contributed by atoms with Crippen molar-refractivity contribution in [1.29, 1.82) is 0 Å². The highest BCUT2D eigenvalue weighted by Gasteiger charge is 2.09. The summed E-state index contributed by atoms with van der Waals surface area (Å²) in [6.07, 6.45) is 0.914. The number of hydrogen-bond acceptors (Lipinski definition) is 4. The first kappa shape index (κ1) is 17.0. The van der Waals surface area contributed by atoms with Crippen molar-refractivity contribution in [3.8, 4) is 5.75 Å². The van der Waals surface area contributed by atoms with Gasteiger partial charge in [-0.2, -0.15) is 11.3 Å². The molecule has 2 N–H and O–H groups in total. The Morgan fingerprint density at radius 2 is 2.09 bits per heavy atom. The summed E-state index contributed by atoms with van der Waals surface area (Å²) in [6, 6.07) is 7.40. The van der Waals surface area contributed by atoms with Gasteiger partial charge in [-0.05, 0) is 42.5 Å². The van der Waals surface area contributed by atoms with Crippen molar-refractivity contribution in [2.24, 2.45) is 0 Å². The van der Waals surface area contributed by atoms with Crippen LogP contribution in [0.4, 0.5) is 5.69 Å². The number of amides is 2. The van der Waals surface area contributed by atoms with Crippen LogP contribution in [0.1, 0.15) is 28.8 Å². The molecule has 1 heterocycles. The summed E-state index contributed by atoms with van der Waals surface area (Å²) in [5.74, 6) is 0.431. The molecule has 0 radical (unpaired) electrons. The van der Waals surface area contributed by atoms with Gasteiger partial charge in [0.05, 0.1) is 12.8 Å². The standard InChI is InChI=1S/C17H20N2O3S/c1-12-5-6-15(22-2)14(10-12)19-16(20)4-3-8-18-17(21)13-7-9-23-11-13/h5-7,9-11H,3-4,8H2,1-2H3,(H,18,21)(H,19,20). The normalized spacial score (nSPS) is 10.2. The van der Waals surface area contributed by atoms with E-state index >= 15 is 0 Å². The Bertz CT molecular complexity index is 668. The molecule has 1 aromatic carbocycles. The number of benzene rings is 1. The van der Waals surface area contributed by atoms with Crippen LogP contribution in [0.2, 0.25) is 0 Å². The van der Waals surface area contributed by atoms with Gasteiger partial charge in [-0.1, -0.05) is 6.07 Å². The molecule has 1 aromatic heterocycles. The second kappa shape index (κ2) is 8.33. The molecular formula is C17H20N2O3S. The Morgan fingerprint density at radius 1 is 1.26 bits per heavy atom. The number of carbonyl (C=O) groups is 2. The van der Waals surface area contributed by atoms with E-state index in [1.165, 1.54) is 11.3 Å². The summed E-state index contributed by atoms with van der Waals surface area (Å²) in [5.41, 5.74) is 2.37. The minimum atomic E-state index is -0.105. The van der Waals surface area contributed by atoms with Gasteiger partial charge in [0.25, 0.3) is 5.91 Å². The predicted molar refractivity (Wildman–Crippen MR) is 92.2 cm³/mol. The van der Waals surface area contributed by atoms with Crippen LogP contribution in [0.3, 0.4) is 0 Å². The molecule has 0 unspecified atom stereocenters. The summed E-state index contributed by atoms with van der Waals surface area (Å²) >= 11 is 1.48. The van der Waals surface area contributed by atoms with Crippen LogP contribution in [-0.4, -0.2) is 25.5 Å². The molecule has 23 heavy (non-hydrogen) atoms. The summed E-state index contributed by atoms with van der Waals surface area (Å²) in [7, 11) is 1.57. The van der Waals surface area contributed by atoms with Gasteiger partial charge in [-0.3, -0.25) is 9.59 Å². The molecule has 122 valence electrons. The maximum absolute atomic E-state index is 12.0. The summed E-state index contributed by atoms with van der Waals surface area (Å²) in [4.78, 5) is 23.7. The van der Waals surface area contributed by atoms with Crippen LogP contribution in [0.15, 0.2) is 35.0 Å². The average Bonchev–Trinajstić information content (AvgIpc) is 3.06. The molecule has 0 aliphatic carbocycles. The third-order valence-corrected chi connectivity index (χ3v) is 3.96. The van der Waals surface area contributed by atoms with E-state index in [0.29, 0.717) is 36.4 Å². The van der Waals surface area contributed by atoms with Gasteiger partial charge in [0.2, 0.25) is 5.91 Å². The number of nitrogens with one attached hydrogen (secondary N) is 2. The highest BCUT2D eigenvalue weighted by molar-refractivity contribution is 7.08. The number of thiophene rings is 1. The number of methoxy groups -OCH3 is 1. The van der Waals surface area contributed by atoms with Gasteiger partial charge >= 0.3 is 0 Å². The van der Waals surface area contributed by atoms with Gasteiger partial charge in [0, 0.05) is 23.9 Å². The molecule has 0 saturated heterocycles. The quantitative estimate of drug-likeness (QED) is 0.765. The number of anilines is 1. The topological polar surface area (TPSA) is 67.4 Å². The maximum Gasteiger partial charge on any atom is 0.252 e. The van der Waals surface area contributed by atoms with Crippen LogP contribution in [0.25, 0.3) is 0 Å². The molecule has 0 saturated carbocycles. The summed E-state index contributed by atoms with van der Waals surface area (Å²) in [5, 5.41) is 9.30. The second-order valence-corrected chi connectivity index (χ2v) is 5.90. The fourth-order valence-corrected chi connectivity index (χ4v) is 2.71. The SMILES string of the molecule is COc1ccc(C)cc1NC(=O)CCCNC(=O)c1ccsc1. The van der Waals surface area contributed by atoms with Gasteiger partial charge in [-0.25, -0.2) is 0 Å². The molecular weight excluding hydrogens is 312 g/mol. The van der Waals surface area contributed by atoms with Gasteiger partial charge in [-0.15, -0.1) is 0 Å². The number of ether oxygens (including phenoxy) is 1. The largest absolute Gasteiger partial charge is 0.495 e. The first-order valence-electron chi connectivity index (χ1n) is 7.35. The molecule has 6 heteroatoms. The Hall–Kier alpha value is -2.34. The molecule has 0 spiro atoms. The lowest BCUT2D eigenvalue weighted by atomic mass is 10.2. The summed E-state index contributed by atoms with van der Waals surface area (Å²) in [6.45, 7) is 2.42. The highest BCUT2D eigenvalue weighted by atomic mass is 32.1. The molecule has 0 fully saturated rings. The average molecular weight is 332 g/mol. The molecule has 0 aliphatic heterocycles. The molecule has 2 aromatic rings. The predicted octanol–water partition coefficient (Wildman–Crippen LogP) is 3.21. The molecule has 2 rings (SSSR count). The second-order valence-electron chi connectivity index (χ2n) is 5.12. The zero-order valence-corrected chi connectivity index (χ0v) is 14.0. The van der Waals surface area contributed by atoms with Crippen molar-refractivity contribution in [3.63, 3.8) is 0 Å². The third kappa shape index (κ3) is 5.10. The first-order chi connectivity index (χ1) is 11.1. The first-order valence-corrected chi connectivity index (χ1v) is 8.29. The van der Waals surface area contributed by atoms with Crippen LogP contribution >= 0.6 is 11.3 Å². The van der Waals surface area contributed by atoms with Crippen molar-refractivity contribution in [3.05, 3.63) is 46.2 Å². The Kier molecular flexibility index (Phi) is 6.17. The van der Waals surface area contributed by atoms with Crippen LogP contribution in [0, 0.1) is 6.92 Å². The zero-order valence-electron chi connectivity index (χ0n) is 13.2. The van der Waals surface area contributed by atoms with E-state index in [-0.39, 0.29) is 11.8 Å². The van der Waals surface area contributed by atoms with Crippen molar-refractivity contribution >= 4 is 28.8 Å². The maximum atomic E-state index is 12.0. The van der Waals surface area contributed by atoms with E-state index in [0.717, 1.165) is 5.56 Å². The Balaban J connectivity index is 1.75. The molecule has 0 atom stereocenters. The summed E-state index contributed by atoms with van der Waals surface area (Å²) < 4.78 is 5.23. The van der Waals surface area contributed by atoms with E-state index in [1.807, 2.05) is 30.5 Å². The number of hydrogen-bond donors (Lipinski definition) is 2. The fourth-order valence-electron chi connectivity index (χ4n) is 2.08. The fraction of sp³-hybridized carbons (Fsp3) is 0.294. The van der Waals surface area contributed by atoms with Crippen LogP contribution in [-0.2, 0) is 4.79 Å². The minimum Gasteiger partial charge on any atom is -0.495 e. The smallest absolute Gasteiger partial charge is 0.252 e. The lowest BCUT2D eigenvalue weighted by molar-refractivity contribution is -0.116. The third-order valence-electron chi connectivity index (χ3n) is 3.28. The van der Waals surface area contributed by atoms with E-state index in [1.54, 1.807) is 18.6 Å². The highest BCUT2D eigenvalue weighted by Crippen LogP contribution is 2.25. The monoisotopic (exact) mass is 332 g/mol. The van der Waals surface area contributed by atoms with Gasteiger partial charge in [0.1, 0.15) is 5.75 Å². The molecule has 0 bridgehead atoms. The van der Waals surface area contributed by atoms with Crippen LogP contribution in [0.5, 0.6) is 5.75 Å². The van der Waals surface area contributed by atoms with E-state index < -0.39 is 0 Å². The minimum absolute atomic E-state index is 0.0984. The lowest BCUT2D eigenvalue weighted by Gasteiger charge is -2.11. The zero-order chi connectivity index (χ0) is 16.7. The van der Waals surface area contributed by atoms with Crippen molar-refractivity contribution in [2.75, 3.05) is 19.0 Å². The lowest BCUT2D eigenvalue weighted by Crippen LogP contribution is -2.25. The molecule has 0 aliphatic rings. The van der Waals surface area contributed by atoms with E-state index in [2.05, 4.69) is 10.6 Å². The van der Waals surface area contributed by atoms with Crippen molar-refractivity contribution < 1.29 is 14.3 Å². The van der Waals surface area contributed by atoms with Crippen molar-refractivity contribution in [2.45, 2.75) is 19.8 Å². The van der Waals surface area contributed by atoms with Gasteiger partial charge in [0.15, 0.2) is 0 Å². The Labute approximate surface area is 139 Å². The van der Waals surface area contributed by atoms with E-state index in [4.69, 9.17) is 4.74 Å². The molecule has 2 amide bonds. The van der Waals surface area contributed by atoms with Crippen molar-refractivity contribution in [1.82, 2.24) is 5.32 Å². The van der Waals surface area contributed by atoms with Gasteiger partial charge < -0.3 is 15.4 Å². The number of rotatable bonds is 7. The molecule has 5 nitrogen and oxygen atoms in total.